The van der Waals surface area contributed by atoms with Crippen molar-refractivity contribution in [3.05, 3.63) is 22.7 Å². The number of halogens is 1. The molecule has 2 nitrogen and oxygen atoms in total. The molecule has 0 aliphatic carbocycles. The molecule has 0 aliphatic rings. The lowest BCUT2D eigenvalue weighted by atomic mass is 9.85. The van der Waals surface area contributed by atoms with Gasteiger partial charge < -0.3 is 0 Å². The lowest BCUT2D eigenvalue weighted by Gasteiger charge is -2.23. The zero-order valence-electron chi connectivity index (χ0n) is 10.1. The summed E-state index contributed by atoms with van der Waals surface area (Å²) in [5.74, 6) is 2.32. The highest BCUT2D eigenvalue weighted by atomic mass is 35.5. The normalized spacial score (nSPS) is 11.8. The third-order valence-corrected chi connectivity index (χ3v) is 2.77. The van der Waals surface area contributed by atoms with Gasteiger partial charge >= 0.3 is 0 Å². The first kappa shape index (κ1) is 12.4. The van der Waals surface area contributed by atoms with Crippen LogP contribution in [0.2, 0.25) is 5.15 Å². The molecule has 0 fully saturated rings. The Kier molecular flexibility index (Phi) is 4.09. The van der Waals surface area contributed by atoms with E-state index in [1.165, 1.54) is 0 Å². The van der Waals surface area contributed by atoms with E-state index in [1.54, 1.807) is 6.07 Å². The Morgan fingerprint density at radius 3 is 2.00 bits per heavy atom. The molecule has 0 atom stereocenters. The molecule has 84 valence electrons. The van der Waals surface area contributed by atoms with Crippen LogP contribution in [0.5, 0.6) is 0 Å². The van der Waals surface area contributed by atoms with Gasteiger partial charge in [0.25, 0.3) is 0 Å². The van der Waals surface area contributed by atoms with Crippen molar-refractivity contribution < 1.29 is 0 Å². The van der Waals surface area contributed by atoms with Crippen LogP contribution >= 0.6 is 11.6 Å². The average molecular weight is 227 g/mol. The van der Waals surface area contributed by atoms with Gasteiger partial charge in [-0.1, -0.05) is 39.3 Å². The lowest BCUT2D eigenvalue weighted by Crippen LogP contribution is -2.17. The maximum absolute atomic E-state index is 5.95. The van der Waals surface area contributed by atoms with E-state index in [2.05, 4.69) is 37.7 Å². The van der Waals surface area contributed by atoms with E-state index < -0.39 is 0 Å². The van der Waals surface area contributed by atoms with E-state index in [0.717, 1.165) is 11.5 Å². The number of rotatable bonds is 3. The summed E-state index contributed by atoms with van der Waals surface area (Å²) in [6, 6.07) is 1.79. The highest BCUT2D eigenvalue weighted by Crippen LogP contribution is 2.30. The zero-order chi connectivity index (χ0) is 11.6. The van der Waals surface area contributed by atoms with Crippen molar-refractivity contribution in [1.82, 2.24) is 9.97 Å². The first-order valence-corrected chi connectivity index (χ1v) is 5.80. The average Bonchev–Trinajstić information content (AvgIpc) is 1.99. The second-order valence-electron chi connectivity index (χ2n) is 4.70. The van der Waals surface area contributed by atoms with Gasteiger partial charge in [-0.3, -0.25) is 0 Å². The minimum Gasteiger partial charge on any atom is -0.238 e. The number of aryl methyl sites for hydroxylation is 1. The summed E-state index contributed by atoms with van der Waals surface area (Å²) in [6.07, 6.45) is 0. The molecule has 1 rings (SSSR count). The van der Waals surface area contributed by atoms with Crippen LogP contribution < -0.4 is 0 Å². The number of hydrogen-bond donors (Lipinski definition) is 0. The summed E-state index contributed by atoms with van der Waals surface area (Å²) in [5.41, 5.74) is 0.941. The molecular weight excluding hydrogens is 208 g/mol. The maximum atomic E-state index is 5.95. The molecule has 15 heavy (non-hydrogen) atoms. The van der Waals surface area contributed by atoms with Crippen molar-refractivity contribution in [2.24, 2.45) is 11.8 Å². The van der Waals surface area contributed by atoms with Gasteiger partial charge in [-0.15, -0.1) is 0 Å². The highest BCUT2D eigenvalue weighted by Gasteiger charge is 2.22. The van der Waals surface area contributed by atoms with Crippen LogP contribution in [0.3, 0.4) is 0 Å². The van der Waals surface area contributed by atoms with Crippen LogP contribution in [0.25, 0.3) is 0 Å². The molecule has 0 saturated carbocycles. The molecule has 1 aromatic rings. The summed E-state index contributed by atoms with van der Waals surface area (Å²) in [4.78, 5) is 8.81. The second kappa shape index (κ2) is 4.93. The van der Waals surface area contributed by atoms with Gasteiger partial charge in [-0.2, -0.15) is 0 Å². The molecule has 0 aromatic carbocycles. The van der Waals surface area contributed by atoms with Crippen LogP contribution in [-0.4, -0.2) is 9.97 Å². The first-order chi connectivity index (χ1) is 6.91. The van der Waals surface area contributed by atoms with Crippen molar-refractivity contribution in [3.8, 4) is 0 Å². The molecular formula is C12H19ClN2. The number of aromatic nitrogens is 2. The summed E-state index contributed by atoms with van der Waals surface area (Å²) >= 11 is 5.95. The van der Waals surface area contributed by atoms with Gasteiger partial charge in [0.2, 0.25) is 0 Å². The largest absolute Gasteiger partial charge is 0.238 e. The predicted octanol–water partition coefficient (Wildman–Crippen LogP) is 3.83. The van der Waals surface area contributed by atoms with Crippen LogP contribution in [0.4, 0.5) is 0 Å². The SMILES string of the molecule is Cc1cc(Cl)nc(C(C(C)C)C(C)C)n1. The Hall–Kier alpha value is -0.630. The van der Waals surface area contributed by atoms with Crippen molar-refractivity contribution in [3.63, 3.8) is 0 Å². The molecule has 0 unspecified atom stereocenters. The van der Waals surface area contributed by atoms with Gasteiger partial charge in [0, 0.05) is 11.6 Å². The van der Waals surface area contributed by atoms with Crippen molar-refractivity contribution in [2.45, 2.75) is 40.5 Å². The molecule has 0 saturated heterocycles. The topological polar surface area (TPSA) is 25.8 Å². The van der Waals surface area contributed by atoms with Gasteiger partial charge in [-0.25, -0.2) is 9.97 Å². The standard InChI is InChI=1S/C12H19ClN2/c1-7(2)11(8(3)4)12-14-9(5)6-10(13)15-12/h6-8,11H,1-5H3. The minimum atomic E-state index is 0.377. The van der Waals surface area contributed by atoms with Crippen LogP contribution in [0, 0.1) is 18.8 Å². The van der Waals surface area contributed by atoms with E-state index in [1.807, 2.05) is 6.92 Å². The quantitative estimate of drug-likeness (QED) is 0.732. The molecule has 0 spiro atoms. The Balaban J connectivity index is 3.11. The summed E-state index contributed by atoms with van der Waals surface area (Å²) in [7, 11) is 0. The van der Waals surface area contributed by atoms with Gasteiger partial charge in [0.15, 0.2) is 0 Å². The number of hydrogen-bond acceptors (Lipinski definition) is 2. The molecule has 0 N–H and O–H groups in total. The molecule has 1 aromatic heterocycles. The van der Waals surface area contributed by atoms with Crippen molar-refractivity contribution in [2.75, 3.05) is 0 Å². The molecule has 1 heterocycles. The van der Waals surface area contributed by atoms with Gasteiger partial charge in [0.05, 0.1) is 0 Å². The van der Waals surface area contributed by atoms with E-state index in [0.29, 0.717) is 22.9 Å². The Morgan fingerprint density at radius 1 is 1.07 bits per heavy atom. The second-order valence-corrected chi connectivity index (χ2v) is 5.09. The van der Waals surface area contributed by atoms with Crippen LogP contribution in [0.15, 0.2) is 6.07 Å². The molecule has 0 aliphatic heterocycles. The lowest BCUT2D eigenvalue weighted by molar-refractivity contribution is 0.370. The van der Waals surface area contributed by atoms with E-state index in [9.17, 15) is 0 Å². The van der Waals surface area contributed by atoms with Crippen molar-refractivity contribution in [1.29, 1.82) is 0 Å². The van der Waals surface area contributed by atoms with Crippen LogP contribution in [0.1, 0.15) is 45.1 Å². The summed E-state index contributed by atoms with van der Waals surface area (Å²) < 4.78 is 0. The van der Waals surface area contributed by atoms with E-state index in [-0.39, 0.29) is 0 Å². The molecule has 0 bridgehead atoms. The fraction of sp³-hybridized carbons (Fsp3) is 0.667. The first-order valence-electron chi connectivity index (χ1n) is 5.43. The van der Waals surface area contributed by atoms with Gasteiger partial charge in [-0.05, 0) is 24.8 Å². The smallest absolute Gasteiger partial charge is 0.133 e. The maximum Gasteiger partial charge on any atom is 0.133 e. The third kappa shape index (κ3) is 3.16. The molecule has 3 heteroatoms. The highest BCUT2D eigenvalue weighted by molar-refractivity contribution is 6.29. The Labute approximate surface area is 97.1 Å². The molecule has 0 radical (unpaired) electrons. The Morgan fingerprint density at radius 2 is 1.60 bits per heavy atom. The summed E-state index contributed by atoms with van der Waals surface area (Å²) in [5, 5.41) is 0.545. The minimum absolute atomic E-state index is 0.377. The fourth-order valence-electron chi connectivity index (χ4n) is 2.07. The van der Waals surface area contributed by atoms with Crippen molar-refractivity contribution >= 4 is 11.6 Å². The zero-order valence-corrected chi connectivity index (χ0v) is 10.8. The predicted molar refractivity (Wildman–Crippen MR) is 64.2 cm³/mol. The van der Waals surface area contributed by atoms with E-state index in [4.69, 9.17) is 11.6 Å². The third-order valence-electron chi connectivity index (χ3n) is 2.57. The number of nitrogens with zero attached hydrogens (tertiary/aromatic N) is 2. The summed E-state index contributed by atoms with van der Waals surface area (Å²) in [6.45, 7) is 10.7. The van der Waals surface area contributed by atoms with Crippen LogP contribution in [-0.2, 0) is 0 Å². The van der Waals surface area contributed by atoms with E-state index >= 15 is 0 Å². The van der Waals surface area contributed by atoms with Gasteiger partial charge in [0.1, 0.15) is 11.0 Å². The Bertz CT molecular complexity index is 306. The molecule has 0 amide bonds. The fourth-order valence-corrected chi connectivity index (χ4v) is 2.31. The monoisotopic (exact) mass is 226 g/mol.